The van der Waals surface area contributed by atoms with Gasteiger partial charge in [-0.3, -0.25) is 0 Å². The van der Waals surface area contributed by atoms with Crippen LogP contribution in [0.5, 0.6) is 0 Å². The second kappa shape index (κ2) is 8.80. The summed E-state index contributed by atoms with van der Waals surface area (Å²) in [6.45, 7) is 14.9. The van der Waals surface area contributed by atoms with Gasteiger partial charge < -0.3 is 19.1 Å². The first-order valence-electron chi connectivity index (χ1n) is 9.49. The van der Waals surface area contributed by atoms with Crippen molar-refractivity contribution in [2.24, 2.45) is 0 Å². The molecule has 0 aromatic heterocycles. The van der Waals surface area contributed by atoms with Crippen molar-refractivity contribution in [3.05, 3.63) is 0 Å². The van der Waals surface area contributed by atoms with E-state index < -0.39 is 0 Å². The van der Waals surface area contributed by atoms with Crippen molar-refractivity contribution in [3.63, 3.8) is 0 Å². The van der Waals surface area contributed by atoms with E-state index in [1.165, 1.54) is 25.9 Å². The molecule has 23 heavy (non-hydrogen) atoms. The zero-order valence-corrected chi connectivity index (χ0v) is 15.8. The van der Waals surface area contributed by atoms with E-state index in [1.807, 2.05) is 0 Å². The molecule has 4 heteroatoms. The molecule has 0 unspecified atom stereocenters. The Morgan fingerprint density at radius 3 is 2.22 bits per heavy atom. The second-order valence-corrected chi connectivity index (χ2v) is 8.39. The van der Waals surface area contributed by atoms with Crippen LogP contribution in [0, 0.1) is 0 Å². The highest BCUT2D eigenvalue weighted by Gasteiger charge is 2.33. The van der Waals surface area contributed by atoms with Gasteiger partial charge in [0.1, 0.15) is 0 Å². The first kappa shape index (κ1) is 19.2. The molecule has 0 aromatic rings. The molecular weight excluding hydrogens is 290 g/mol. The van der Waals surface area contributed by atoms with Crippen LogP contribution >= 0.6 is 0 Å². The summed E-state index contributed by atoms with van der Waals surface area (Å²) in [5, 5.41) is 0. The molecule has 0 spiro atoms. The Morgan fingerprint density at radius 2 is 1.65 bits per heavy atom. The SMILES string of the molecule is CC(C)OC1CC(OC2CCN(CCCOC(C)(C)C)CC2)C1. The molecular formula is C19H37NO3. The molecule has 1 saturated heterocycles. The molecule has 0 atom stereocenters. The Kier molecular flexibility index (Phi) is 7.33. The fourth-order valence-corrected chi connectivity index (χ4v) is 3.33. The van der Waals surface area contributed by atoms with Crippen molar-refractivity contribution in [1.29, 1.82) is 0 Å². The van der Waals surface area contributed by atoms with Gasteiger partial charge in [0.15, 0.2) is 0 Å². The van der Waals surface area contributed by atoms with E-state index in [9.17, 15) is 0 Å². The molecule has 2 aliphatic rings. The quantitative estimate of drug-likeness (QED) is 0.637. The highest BCUT2D eigenvalue weighted by Crippen LogP contribution is 2.30. The van der Waals surface area contributed by atoms with Gasteiger partial charge in [-0.2, -0.15) is 0 Å². The van der Waals surface area contributed by atoms with Crippen LogP contribution in [0.4, 0.5) is 0 Å². The first-order valence-corrected chi connectivity index (χ1v) is 9.49. The molecule has 0 radical (unpaired) electrons. The maximum absolute atomic E-state index is 6.23. The van der Waals surface area contributed by atoms with Crippen molar-refractivity contribution >= 4 is 0 Å². The van der Waals surface area contributed by atoms with Crippen molar-refractivity contribution in [2.75, 3.05) is 26.2 Å². The average molecular weight is 328 g/mol. The lowest BCUT2D eigenvalue weighted by atomic mass is 9.91. The third-order valence-electron chi connectivity index (χ3n) is 4.59. The minimum Gasteiger partial charge on any atom is -0.376 e. The van der Waals surface area contributed by atoms with Gasteiger partial charge in [0.25, 0.3) is 0 Å². The van der Waals surface area contributed by atoms with E-state index in [4.69, 9.17) is 14.2 Å². The fourth-order valence-electron chi connectivity index (χ4n) is 3.33. The topological polar surface area (TPSA) is 30.9 Å². The molecule has 4 nitrogen and oxygen atoms in total. The molecule has 1 saturated carbocycles. The average Bonchev–Trinajstić information content (AvgIpc) is 2.41. The lowest BCUT2D eigenvalue weighted by Gasteiger charge is -2.40. The van der Waals surface area contributed by atoms with Gasteiger partial charge in [-0.05, 0) is 66.7 Å². The number of nitrogens with zero attached hydrogens (tertiary/aromatic N) is 1. The summed E-state index contributed by atoms with van der Waals surface area (Å²) in [6.07, 6.45) is 7.32. The maximum atomic E-state index is 6.23. The van der Waals surface area contributed by atoms with Gasteiger partial charge >= 0.3 is 0 Å². The number of hydrogen-bond acceptors (Lipinski definition) is 4. The van der Waals surface area contributed by atoms with Gasteiger partial charge in [0.2, 0.25) is 0 Å². The minimum absolute atomic E-state index is 0.0131. The van der Waals surface area contributed by atoms with E-state index in [-0.39, 0.29) is 5.60 Å². The van der Waals surface area contributed by atoms with Crippen LogP contribution in [0.2, 0.25) is 0 Å². The largest absolute Gasteiger partial charge is 0.376 e. The maximum Gasteiger partial charge on any atom is 0.0628 e. The number of rotatable bonds is 8. The molecule has 2 fully saturated rings. The van der Waals surface area contributed by atoms with Crippen LogP contribution in [-0.4, -0.2) is 61.2 Å². The van der Waals surface area contributed by atoms with Crippen LogP contribution in [0.3, 0.4) is 0 Å². The Bertz CT molecular complexity index is 326. The smallest absolute Gasteiger partial charge is 0.0628 e. The van der Waals surface area contributed by atoms with Gasteiger partial charge in [0.05, 0.1) is 30.0 Å². The Labute approximate surface area is 142 Å². The van der Waals surface area contributed by atoms with Crippen molar-refractivity contribution in [2.45, 2.75) is 96.7 Å². The normalized spacial score (nSPS) is 27.4. The van der Waals surface area contributed by atoms with Crippen molar-refractivity contribution < 1.29 is 14.2 Å². The second-order valence-electron chi connectivity index (χ2n) is 8.39. The van der Waals surface area contributed by atoms with Crippen molar-refractivity contribution in [1.82, 2.24) is 4.90 Å². The van der Waals surface area contributed by atoms with Crippen LogP contribution in [0.1, 0.15) is 66.7 Å². The van der Waals surface area contributed by atoms with E-state index in [0.717, 1.165) is 32.4 Å². The van der Waals surface area contributed by atoms with Crippen LogP contribution in [0.25, 0.3) is 0 Å². The van der Waals surface area contributed by atoms with Crippen molar-refractivity contribution in [3.8, 4) is 0 Å². The highest BCUT2D eigenvalue weighted by atomic mass is 16.5. The summed E-state index contributed by atoms with van der Waals surface area (Å²) >= 11 is 0. The summed E-state index contributed by atoms with van der Waals surface area (Å²) in [5.74, 6) is 0. The summed E-state index contributed by atoms with van der Waals surface area (Å²) in [7, 11) is 0. The number of likely N-dealkylation sites (tertiary alicyclic amines) is 1. The van der Waals surface area contributed by atoms with Crippen LogP contribution < -0.4 is 0 Å². The minimum atomic E-state index is -0.0131. The predicted octanol–water partition coefficient (Wildman–Crippen LogP) is 3.63. The van der Waals surface area contributed by atoms with Gasteiger partial charge in [-0.1, -0.05) is 0 Å². The zero-order valence-electron chi connectivity index (χ0n) is 15.8. The summed E-state index contributed by atoms with van der Waals surface area (Å²) < 4.78 is 17.8. The molecule has 1 heterocycles. The molecule has 0 N–H and O–H groups in total. The lowest BCUT2D eigenvalue weighted by Crippen LogP contribution is -2.44. The number of hydrogen-bond donors (Lipinski definition) is 0. The third-order valence-corrected chi connectivity index (χ3v) is 4.59. The predicted molar refractivity (Wildman–Crippen MR) is 93.9 cm³/mol. The monoisotopic (exact) mass is 327 g/mol. The zero-order chi connectivity index (χ0) is 16.9. The molecule has 0 amide bonds. The van der Waals surface area contributed by atoms with E-state index >= 15 is 0 Å². The summed E-state index contributed by atoms with van der Waals surface area (Å²) in [4.78, 5) is 2.55. The van der Waals surface area contributed by atoms with Gasteiger partial charge in [-0.25, -0.2) is 0 Å². The lowest BCUT2D eigenvalue weighted by molar-refractivity contribution is -0.146. The van der Waals surface area contributed by atoms with Crippen LogP contribution in [0.15, 0.2) is 0 Å². The molecule has 1 aliphatic heterocycles. The van der Waals surface area contributed by atoms with Gasteiger partial charge in [0, 0.05) is 26.2 Å². The Morgan fingerprint density at radius 1 is 1.00 bits per heavy atom. The fraction of sp³-hybridized carbons (Fsp3) is 1.00. The number of ether oxygens (including phenoxy) is 3. The van der Waals surface area contributed by atoms with E-state index in [2.05, 4.69) is 39.5 Å². The summed E-state index contributed by atoms with van der Waals surface area (Å²) in [6, 6.07) is 0. The van der Waals surface area contributed by atoms with Gasteiger partial charge in [-0.15, -0.1) is 0 Å². The Balaban J connectivity index is 1.50. The van der Waals surface area contributed by atoms with Crippen LogP contribution in [-0.2, 0) is 14.2 Å². The molecule has 1 aliphatic carbocycles. The van der Waals surface area contributed by atoms with E-state index in [1.54, 1.807) is 0 Å². The summed E-state index contributed by atoms with van der Waals surface area (Å²) in [5.41, 5.74) is -0.0131. The highest BCUT2D eigenvalue weighted by molar-refractivity contribution is 4.84. The first-order chi connectivity index (χ1) is 10.8. The number of piperidine rings is 1. The molecule has 0 bridgehead atoms. The molecule has 0 aromatic carbocycles. The molecule has 136 valence electrons. The molecule has 2 rings (SSSR count). The Hall–Kier alpha value is -0.160. The van der Waals surface area contributed by atoms with E-state index in [0.29, 0.717) is 24.4 Å². The standard InChI is InChI=1S/C19H37NO3/c1-15(2)22-17-13-18(14-17)23-16-7-10-20(11-8-16)9-6-12-21-19(3,4)5/h15-18H,6-14H2,1-5H3. The third kappa shape index (κ3) is 7.51.